The summed E-state index contributed by atoms with van der Waals surface area (Å²) in [7, 11) is 0. The number of nitrogens with one attached hydrogen (secondary N) is 1. The van der Waals surface area contributed by atoms with Crippen LogP contribution in [-0.4, -0.2) is 42.2 Å². The Bertz CT molecular complexity index is 509. The van der Waals surface area contributed by atoms with Crippen molar-refractivity contribution in [1.82, 2.24) is 9.88 Å². The molecule has 3 N–H and O–H groups in total. The summed E-state index contributed by atoms with van der Waals surface area (Å²) >= 11 is 0. The third kappa shape index (κ3) is 2.93. The second-order valence-electron chi connectivity index (χ2n) is 6.73. The average molecular weight is 288 g/mol. The van der Waals surface area contributed by atoms with E-state index in [1.54, 1.807) is 0 Å². The number of hydrogen-bond acceptors (Lipinski definition) is 5. The van der Waals surface area contributed by atoms with Crippen LogP contribution in [0.5, 0.6) is 5.88 Å². The highest BCUT2D eigenvalue weighted by Gasteiger charge is 2.34. The number of nitrogens with two attached hydrogens (primary N) is 1. The van der Waals surface area contributed by atoms with Gasteiger partial charge in [-0.3, -0.25) is 0 Å². The third-order valence-corrected chi connectivity index (χ3v) is 5.03. The monoisotopic (exact) mass is 288 g/mol. The molecule has 4 heterocycles. The predicted molar refractivity (Wildman–Crippen MR) is 83.4 cm³/mol. The maximum absolute atomic E-state index is 5.97. The van der Waals surface area contributed by atoms with Crippen LogP contribution in [-0.2, 0) is 0 Å². The fourth-order valence-corrected chi connectivity index (χ4v) is 3.45. The molecule has 0 spiro atoms. The molecule has 1 aromatic rings. The molecule has 0 aromatic carbocycles. The zero-order chi connectivity index (χ0) is 14.2. The van der Waals surface area contributed by atoms with Crippen molar-refractivity contribution in [3.63, 3.8) is 0 Å². The van der Waals surface area contributed by atoms with E-state index in [9.17, 15) is 0 Å². The lowest BCUT2D eigenvalue weighted by Gasteiger charge is -2.45. The maximum Gasteiger partial charge on any atom is 0.239 e. The SMILES string of the molecule is Nc1ccc(NC2CN3CCC2CC3)nc1OCC1CC1. The number of rotatable bonds is 5. The Balaban J connectivity index is 1.43. The van der Waals surface area contributed by atoms with Crippen LogP contribution in [0, 0.1) is 11.8 Å². The predicted octanol–water partition coefficient (Wildman–Crippen LogP) is 1.96. The second-order valence-corrected chi connectivity index (χ2v) is 6.73. The lowest BCUT2D eigenvalue weighted by atomic mass is 9.84. The molecule has 3 saturated heterocycles. The molecule has 4 aliphatic rings. The van der Waals surface area contributed by atoms with Crippen molar-refractivity contribution in [3.8, 4) is 5.88 Å². The summed E-state index contributed by atoms with van der Waals surface area (Å²) in [5, 5.41) is 3.59. The average Bonchev–Trinajstić information content (AvgIpc) is 3.33. The van der Waals surface area contributed by atoms with E-state index < -0.39 is 0 Å². The topological polar surface area (TPSA) is 63.4 Å². The summed E-state index contributed by atoms with van der Waals surface area (Å²) < 4.78 is 5.77. The molecular weight excluding hydrogens is 264 g/mol. The molecule has 0 amide bonds. The molecule has 4 fully saturated rings. The fraction of sp³-hybridized carbons (Fsp3) is 0.688. The van der Waals surface area contributed by atoms with Crippen molar-refractivity contribution in [2.24, 2.45) is 11.8 Å². The van der Waals surface area contributed by atoms with Gasteiger partial charge in [-0.1, -0.05) is 0 Å². The van der Waals surface area contributed by atoms with Crippen molar-refractivity contribution < 1.29 is 4.74 Å². The number of anilines is 2. The smallest absolute Gasteiger partial charge is 0.239 e. The molecule has 1 unspecified atom stereocenters. The standard InChI is InChI=1S/C16H24N4O/c17-13-3-4-15(19-16(13)21-10-11-1-2-11)18-14-9-20-7-5-12(14)6-8-20/h3-4,11-12,14H,1-2,5-10,17H2,(H,18,19). The van der Waals surface area contributed by atoms with Crippen LogP contribution in [0.3, 0.4) is 0 Å². The van der Waals surface area contributed by atoms with E-state index in [1.165, 1.54) is 38.8 Å². The normalized spacial score (nSPS) is 31.1. The summed E-state index contributed by atoms with van der Waals surface area (Å²) in [5.41, 5.74) is 6.60. The van der Waals surface area contributed by atoms with Crippen LogP contribution in [0.1, 0.15) is 25.7 Å². The highest BCUT2D eigenvalue weighted by Crippen LogP contribution is 2.32. The van der Waals surface area contributed by atoms with Gasteiger partial charge in [-0.15, -0.1) is 0 Å². The lowest BCUT2D eigenvalue weighted by molar-refractivity contribution is 0.0973. The highest BCUT2D eigenvalue weighted by molar-refractivity contribution is 5.54. The van der Waals surface area contributed by atoms with Gasteiger partial charge in [-0.25, -0.2) is 0 Å². The van der Waals surface area contributed by atoms with Crippen molar-refractivity contribution in [3.05, 3.63) is 12.1 Å². The largest absolute Gasteiger partial charge is 0.476 e. The number of hydrogen-bond donors (Lipinski definition) is 2. The van der Waals surface area contributed by atoms with E-state index in [2.05, 4.69) is 15.2 Å². The molecule has 0 radical (unpaired) electrons. The number of nitrogen functional groups attached to an aromatic ring is 1. The molecule has 1 aliphatic carbocycles. The minimum absolute atomic E-state index is 0.514. The van der Waals surface area contributed by atoms with Crippen molar-refractivity contribution in [1.29, 1.82) is 0 Å². The quantitative estimate of drug-likeness (QED) is 0.867. The number of piperidine rings is 3. The van der Waals surface area contributed by atoms with Crippen LogP contribution >= 0.6 is 0 Å². The van der Waals surface area contributed by atoms with Gasteiger partial charge in [0.2, 0.25) is 5.88 Å². The van der Waals surface area contributed by atoms with Gasteiger partial charge in [0, 0.05) is 12.6 Å². The van der Waals surface area contributed by atoms with E-state index in [4.69, 9.17) is 10.5 Å². The molecule has 5 rings (SSSR count). The second kappa shape index (κ2) is 5.37. The van der Waals surface area contributed by atoms with Crippen LogP contribution in [0.4, 0.5) is 11.5 Å². The number of pyridine rings is 1. The molecule has 5 heteroatoms. The summed E-state index contributed by atoms with van der Waals surface area (Å²) in [5.74, 6) is 2.98. The number of aromatic nitrogens is 1. The highest BCUT2D eigenvalue weighted by atomic mass is 16.5. The molecule has 2 bridgehead atoms. The summed E-state index contributed by atoms with van der Waals surface area (Å²) in [6.07, 6.45) is 5.16. The van der Waals surface area contributed by atoms with Gasteiger partial charge in [0.25, 0.3) is 0 Å². The van der Waals surface area contributed by atoms with E-state index >= 15 is 0 Å². The summed E-state index contributed by atoms with van der Waals surface area (Å²) in [6, 6.07) is 4.38. The Morgan fingerprint density at radius 1 is 1.24 bits per heavy atom. The Morgan fingerprint density at radius 2 is 2.05 bits per heavy atom. The first kappa shape index (κ1) is 13.2. The van der Waals surface area contributed by atoms with E-state index in [1.807, 2.05) is 12.1 Å². The molecule has 114 valence electrons. The minimum Gasteiger partial charge on any atom is -0.476 e. The zero-order valence-corrected chi connectivity index (χ0v) is 12.4. The van der Waals surface area contributed by atoms with E-state index in [-0.39, 0.29) is 0 Å². The van der Waals surface area contributed by atoms with Gasteiger partial charge in [0.1, 0.15) is 5.82 Å². The minimum atomic E-state index is 0.514. The van der Waals surface area contributed by atoms with Crippen molar-refractivity contribution in [2.45, 2.75) is 31.7 Å². The van der Waals surface area contributed by atoms with Crippen molar-refractivity contribution >= 4 is 11.5 Å². The molecule has 21 heavy (non-hydrogen) atoms. The van der Waals surface area contributed by atoms with Crippen molar-refractivity contribution in [2.75, 3.05) is 37.3 Å². The Kier molecular flexibility index (Phi) is 3.37. The molecule has 5 nitrogen and oxygen atoms in total. The Morgan fingerprint density at radius 3 is 2.71 bits per heavy atom. The zero-order valence-electron chi connectivity index (χ0n) is 12.4. The first-order valence-electron chi connectivity index (χ1n) is 8.16. The van der Waals surface area contributed by atoms with Crippen LogP contribution < -0.4 is 15.8 Å². The number of fused-ring (bicyclic) bond motifs is 3. The molecule has 3 aliphatic heterocycles. The number of nitrogens with zero attached hydrogens (tertiary/aromatic N) is 2. The summed E-state index contributed by atoms with van der Waals surface area (Å²) in [6.45, 7) is 4.40. The van der Waals surface area contributed by atoms with E-state index in [0.29, 0.717) is 23.5 Å². The molecular formula is C16H24N4O. The summed E-state index contributed by atoms with van der Waals surface area (Å²) in [4.78, 5) is 7.11. The van der Waals surface area contributed by atoms with Crippen LogP contribution in [0.25, 0.3) is 0 Å². The maximum atomic E-state index is 5.97. The van der Waals surface area contributed by atoms with Gasteiger partial charge in [-0.05, 0) is 62.7 Å². The fourth-order valence-electron chi connectivity index (χ4n) is 3.45. The van der Waals surface area contributed by atoms with Gasteiger partial charge >= 0.3 is 0 Å². The van der Waals surface area contributed by atoms with Crippen LogP contribution in [0.15, 0.2) is 12.1 Å². The van der Waals surface area contributed by atoms with Crippen LogP contribution in [0.2, 0.25) is 0 Å². The first-order valence-corrected chi connectivity index (χ1v) is 8.16. The molecule has 1 saturated carbocycles. The number of ether oxygens (including phenoxy) is 1. The first-order chi connectivity index (χ1) is 10.3. The van der Waals surface area contributed by atoms with Gasteiger partial charge in [0.05, 0.1) is 12.3 Å². The van der Waals surface area contributed by atoms with Gasteiger partial charge in [-0.2, -0.15) is 4.98 Å². The van der Waals surface area contributed by atoms with E-state index in [0.717, 1.165) is 24.9 Å². The molecule has 1 aromatic heterocycles. The Hall–Kier alpha value is -1.49. The van der Waals surface area contributed by atoms with Gasteiger partial charge in [0.15, 0.2) is 0 Å². The Labute approximate surface area is 125 Å². The lowest BCUT2D eigenvalue weighted by Crippen LogP contribution is -2.53. The molecule has 1 atom stereocenters. The van der Waals surface area contributed by atoms with Gasteiger partial charge < -0.3 is 20.7 Å². The third-order valence-electron chi connectivity index (χ3n) is 5.03.